The maximum absolute atomic E-state index is 12.8. The minimum atomic E-state index is 0.0554. The quantitative estimate of drug-likeness (QED) is 0.273. The highest BCUT2D eigenvalue weighted by molar-refractivity contribution is 5.94. The van der Waals surface area contributed by atoms with Crippen molar-refractivity contribution >= 4 is 5.91 Å². The van der Waals surface area contributed by atoms with Gasteiger partial charge in [-0.2, -0.15) is 0 Å². The SMILES string of the molecule is COCCOCOc1ccc(C#Cc2ccc(C(=O)N3CCOCC3)cc2)cc1C12CC3CC(CC(C3)C1)C2. The fourth-order valence-corrected chi connectivity index (χ4v) is 7.68. The van der Waals surface area contributed by atoms with E-state index < -0.39 is 0 Å². The van der Waals surface area contributed by atoms with Crippen molar-refractivity contribution in [1.82, 2.24) is 4.90 Å². The largest absolute Gasteiger partial charge is 0.467 e. The second-order valence-corrected chi connectivity index (χ2v) is 11.8. The molecule has 6 nitrogen and oxygen atoms in total. The molecule has 5 fully saturated rings. The molecule has 4 saturated carbocycles. The Kier molecular flexibility index (Phi) is 7.92. The molecule has 0 atom stereocenters. The minimum Gasteiger partial charge on any atom is -0.467 e. The third-order valence-electron chi connectivity index (χ3n) is 9.10. The molecule has 1 saturated heterocycles. The van der Waals surface area contributed by atoms with E-state index in [1.54, 1.807) is 7.11 Å². The fourth-order valence-electron chi connectivity index (χ4n) is 7.68. The predicted octanol–water partition coefficient (Wildman–Crippen LogP) is 5.03. The third-order valence-corrected chi connectivity index (χ3v) is 9.10. The van der Waals surface area contributed by atoms with Crippen LogP contribution in [0.4, 0.5) is 0 Å². The zero-order valence-electron chi connectivity index (χ0n) is 23.0. The van der Waals surface area contributed by atoms with Crippen molar-refractivity contribution in [1.29, 1.82) is 0 Å². The molecule has 4 aliphatic carbocycles. The maximum atomic E-state index is 12.8. The molecule has 0 aromatic heterocycles. The monoisotopic (exact) mass is 529 g/mol. The molecule has 0 radical (unpaired) electrons. The number of hydrogen-bond acceptors (Lipinski definition) is 5. The highest BCUT2D eigenvalue weighted by Gasteiger charge is 2.52. The highest BCUT2D eigenvalue weighted by atomic mass is 16.7. The van der Waals surface area contributed by atoms with Crippen LogP contribution >= 0.6 is 0 Å². The number of carbonyl (C=O) groups excluding carboxylic acids is 1. The van der Waals surface area contributed by atoms with Gasteiger partial charge in [-0.15, -0.1) is 0 Å². The first kappa shape index (κ1) is 26.4. The van der Waals surface area contributed by atoms with Gasteiger partial charge in [0.2, 0.25) is 0 Å². The molecule has 1 aliphatic heterocycles. The molecule has 206 valence electrons. The number of amides is 1. The summed E-state index contributed by atoms with van der Waals surface area (Å²) in [6.45, 7) is 3.79. The Labute approximate surface area is 232 Å². The van der Waals surface area contributed by atoms with Gasteiger partial charge in [-0.3, -0.25) is 4.79 Å². The Bertz CT molecular complexity index is 1190. The van der Waals surface area contributed by atoms with Crippen molar-refractivity contribution < 1.29 is 23.7 Å². The number of hydrogen-bond donors (Lipinski definition) is 0. The van der Waals surface area contributed by atoms with Crippen molar-refractivity contribution in [2.24, 2.45) is 17.8 Å². The van der Waals surface area contributed by atoms with Crippen LogP contribution in [0, 0.1) is 29.6 Å². The molecule has 7 rings (SSSR count). The Morgan fingerprint density at radius 2 is 1.56 bits per heavy atom. The van der Waals surface area contributed by atoms with E-state index in [9.17, 15) is 4.79 Å². The molecule has 0 N–H and O–H groups in total. The average molecular weight is 530 g/mol. The Morgan fingerprint density at radius 1 is 0.923 bits per heavy atom. The highest BCUT2D eigenvalue weighted by Crippen LogP contribution is 2.62. The standard InChI is InChI=1S/C33H39NO5/c1-36-14-15-38-23-39-31-9-6-25(19-30(31)33-20-26-16-27(21-33)18-28(17-26)22-33)3-2-24-4-7-29(8-5-24)32(35)34-10-12-37-13-11-34/h4-9,19,26-28H,10-18,20-23H2,1H3. The van der Waals surface area contributed by atoms with E-state index in [1.807, 2.05) is 29.2 Å². The minimum absolute atomic E-state index is 0.0554. The first-order valence-electron chi connectivity index (χ1n) is 14.4. The zero-order valence-corrected chi connectivity index (χ0v) is 23.0. The normalized spacial score (nSPS) is 27.2. The van der Waals surface area contributed by atoms with E-state index in [-0.39, 0.29) is 18.1 Å². The van der Waals surface area contributed by atoms with Gasteiger partial charge in [0.05, 0.1) is 26.4 Å². The summed E-state index contributed by atoms with van der Waals surface area (Å²) < 4.78 is 22.3. The van der Waals surface area contributed by atoms with Crippen LogP contribution in [0.2, 0.25) is 0 Å². The molecule has 0 unspecified atom stereocenters. The van der Waals surface area contributed by atoms with Gasteiger partial charge in [0, 0.05) is 42.5 Å². The maximum Gasteiger partial charge on any atom is 0.254 e. The van der Waals surface area contributed by atoms with Gasteiger partial charge in [0.1, 0.15) is 5.75 Å². The van der Waals surface area contributed by atoms with Crippen molar-refractivity contribution in [3.63, 3.8) is 0 Å². The Hall–Kier alpha value is -2.85. The van der Waals surface area contributed by atoms with Gasteiger partial charge < -0.3 is 23.8 Å². The molecule has 39 heavy (non-hydrogen) atoms. The number of carbonyl (C=O) groups is 1. The topological polar surface area (TPSA) is 57.2 Å². The molecule has 1 amide bonds. The van der Waals surface area contributed by atoms with Crippen LogP contribution in [0.5, 0.6) is 5.75 Å². The van der Waals surface area contributed by atoms with Crippen molar-refractivity contribution in [2.45, 2.75) is 43.9 Å². The van der Waals surface area contributed by atoms with Crippen LogP contribution in [-0.2, 0) is 19.6 Å². The molecule has 2 aromatic carbocycles. The number of nitrogens with zero attached hydrogens (tertiary/aromatic N) is 1. The van der Waals surface area contributed by atoms with E-state index in [4.69, 9.17) is 18.9 Å². The smallest absolute Gasteiger partial charge is 0.254 e. The van der Waals surface area contributed by atoms with Crippen LogP contribution in [0.25, 0.3) is 0 Å². The van der Waals surface area contributed by atoms with Crippen LogP contribution in [0.3, 0.4) is 0 Å². The summed E-state index contributed by atoms with van der Waals surface area (Å²) in [5.74, 6) is 10.2. The first-order chi connectivity index (χ1) is 19.1. The first-order valence-corrected chi connectivity index (χ1v) is 14.4. The van der Waals surface area contributed by atoms with E-state index in [0.717, 1.165) is 34.6 Å². The lowest BCUT2D eigenvalue weighted by molar-refractivity contribution is -0.0189. The summed E-state index contributed by atoms with van der Waals surface area (Å²) in [6, 6.07) is 14.1. The lowest BCUT2D eigenvalue weighted by Gasteiger charge is -2.57. The number of ether oxygens (including phenoxy) is 4. The molecule has 1 heterocycles. The summed E-state index contributed by atoms with van der Waals surface area (Å²) in [6.07, 6.45) is 7.98. The second-order valence-electron chi connectivity index (χ2n) is 11.8. The van der Waals surface area contributed by atoms with Gasteiger partial charge in [-0.05, 0) is 104 Å². The molecular weight excluding hydrogens is 490 g/mol. The second kappa shape index (κ2) is 11.7. The summed E-state index contributed by atoms with van der Waals surface area (Å²) in [4.78, 5) is 14.6. The van der Waals surface area contributed by atoms with E-state index >= 15 is 0 Å². The zero-order chi connectivity index (χ0) is 26.7. The van der Waals surface area contributed by atoms with Gasteiger partial charge in [0.15, 0.2) is 6.79 Å². The van der Waals surface area contributed by atoms with Crippen molar-refractivity contribution in [3.8, 4) is 17.6 Å². The summed E-state index contributed by atoms with van der Waals surface area (Å²) in [7, 11) is 1.68. The molecular formula is C33H39NO5. The molecule has 5 aliphatic rings. The lowest BCUT2D eigenvalue weighted by Crippen LogP contribution is -2.48. The summed E-state index contributed by atoms with van der Waals surface area (Å²) in [5, 5.41) is 0. The van der Waals surface area contributed by atoms with Gasteiger partial charge in [0.25, 0.3) is 5.91 Å². The number of benzene rings is 2. The average Bonchev–Trinajstić information content (AvgIpc) is 2.96. The fraction of sp³-hybridized carbons (Fsp3) is 0.545. The number of rotatable bonds is 8. The third kappa shape index (κ3) is 5.87. The van der Waals surface area contributed by atoms with Crippen molar-refractivity contribution in [2.75, 3.05) is 53.4 Å². The summed E-state index contributed by atoms with van der Waals surface area (Å²) >= 11 is 0. The molecule has 2 aromatic rings. The van der Waals surface area contributed by atoms with E-state index in [0.29, 0.717) is 45.1 Å². The molecule has 6 heteroatoms. The van der Waals surface area contributed by atoms with Gasteiger partial charge in [-0.25, -0.2) is 0 Å². The van der Waals surface area contributed by atoms with Gasteiger partial charge >= 0.3 is 0 Å². The summed E-state index contributed by atoms with van der Waals surface area (Å²) in [5.41, 5.74) is 4.10. The van der Waals surface area contributed by atoms with E-state index in [1.165, 1.54) is 44.1 Å². The van der Waals surface area contributed by atoms with Crippen molar-refractivity contribution in [3.05, 3.63) is 64.7 Å². The van der Waals surface area contributed by atoms with Crippen LogP contribution < -0.4 is 4.74 Å². The van der Waals surface area contributed by atoms with Crippen LogP contribution in [0.1, 0.15) is 65.6 Å². The molecule has 0 spiro atoms. The van der Waals surface area contributed by atoms with E-state index in [2.05, 4.69) is 30.0 Å². The number of morpholine rings is 1. The Balaban J connectivity index is 1.21. The van der Waals surface area contributed by atoms with Crippen LogP contribution in [-0.4, -0.2) is 64.2 Å². The van der Waals surface area contributed by atoms with Crippen LogP contribution in [0.15, 0.2) is 42.5 Å². The lowest BCUT2D eigenvalue weighted by atomic mass is 9.48. The predicted molar refractivity (Wildman–Crippen MR) is 149 cm³/mol. The number of methoxy groups -OCH3 is 1. The Morgan fingerprint density at radius 3 is 2.23 bits per heavy atom. The molecule has 4 bridgehead atoms. The van der Waals surface area contributed by atoms with Gasteiger partial charge in [-0.1, -0.05) is 11.8 Å².